The second-order valence-electron chi connectivity index (χ2n) is 5.14. The van der Waals surface area contributed by atoms with Crippen LogP contribution in [0.4, 0.5) is 11.5 Å². The zero-order valence-corrected chi connectivity index (χ0v) is 11.7. The number of nitrogens with two attached hydrogens (primary N) is 1. The minimum Gasteiger partial charge on any atom is -0.396 e. The average Bonchev–Trinajstić information content (AvgIpc) is 2.41. The Kier molecular flexibility index (Phi) is 4.07. The van der Waals surface area contributed by atoms with Crippen molar-refractivity contribution >= 4 is 11.5 Å². The summed E-state index contributed by atoms with van der Waals surface area (Å²) in [5, 5.41) is 0. The van der Waals surface area contributed by atoms with Crippen LogP contribution in [0.5, 0.6) is 0 Å². The maximum absolute atomic E-state index is 6.04. The van der Waals surface area contributed by atoms with Crippen LogP contribution < -0.4 is 10.6 Å². The molecular weight excluding hydrogens is 224 g/mol. The molecule has 1 aliphatic heterocycles. The first-order valence-corrected chi connectivity index (χ1v) is 6.80. The van der Waals surface area contributed by atoms with Gasteiger partial charge in [-0.05, 0) is 38.4 Å². The van der Waals surface area contributed by atoms with E-state index in [1.54, 1.807) is 0 Å². The van der Waals surface area contributed by atoms with E-state index in [0.29, 0.717) is 6.04 Å². The molecule has 0 bridgehead atoms. The van der Waals surface area contributed by atoms with Gasteiger partial charge in [0.1, 0.15) is 0 Å². The molecule has 4 heteroatoms. The van der Waals surface area contributed by atoms with Crippen LogP contribution in [-0.4, -0.2) is 42.6 Å². The van der Waals surface area contributed by atoms with E-state index < -0.39 is 0 Å². The zero-order valence-electron chi connectivity index (χ0n) is 11.7. The van der Waals surface area contributed by atoms with E-state index >= 15 is 0 Å². The van der Waals surface area contributed by atoms with Gasteiger partial charge in [-0.15, -0.1) is 0 Å². The highest BCUT2D eigenvalue weighted by Gasteiger charge is 2.23. The lowest BCUT2D eigenvalue weighted by atomic mass is 10.0. The minimum absolute atomic E-state index is 0.560. The maximum atomic E-state index is 6.04. The number of rotatable bonds is 3. The van der Waals surface area contributed by atoms with Crippen molar-refractivity contribution in [1.82, 2.24) is 9.88 Å². The third-order valence-corrected chi connectivity index (χ3v) is 3.93. The van der Waals surface area contributed by atoms with E-state index in [9.17, 15) is 0 Å². The number of piperidine rings is 1. The second-order valence-corrected chi connectivity index (χ2v) is 5.14. The number of likely N-dealkylation sites (tertiary alicyclic amines) is 1. The number of pyridine rings is 1. The summed E-state index contributed by atoms with van der Waals surface area (Å²) in [5.41, 5.74) is 7.84. The van der Waals surface area contributed by atoms with Gasteiger partial charge in [0.15, 0.2) is 5.82 Å². The van der Waals surface area contributed by atoms with Gasteiger partial charge in [-0.2, -0.15) is 0 Å². The Morgan fingerprint density at radius 3 is 2.67 bits per heavy atom. The van der Waals surface area contributed by atoms with Crippen LogP contribution >= 0.6 is 0 Å². The highest BCUT2D eigenvalue weighted by atomic mass is 15.2. The standard InChI is InChI=1S/C14H24N4/c1-4-18-9-7-12(8-10-18)17(3)14-13(15)6-5-11(2)16-14/h5-6,12H,4,7-10,15H2,1-3H3. The normalized spacial score (nSPS) is 17.9. The van der Waals surface area contributed by atoms with Crippen LogP contribution in [0.3, 0.4) is 0 Å². The predicted molar refractivity (Wildman–Crippen MR) is 76.9 cm³/mol. The minimum atomic E-state index is 0.560. The van der Waals surface area contributed by atoms with Crippen LogP contribution in [0.25, 0.3) is 0 Å². The van der Waals surface area contributed by atoms with Crippen molar-refractivity contribution in [2.75, 3.05) is 37.3 Å². The van der Waals surface area contributed by atoms with E-state index in [-0.39, 0.29) is 0 Å². The lowest BCUT2D eigenvalue weighted by Gasteiger charge is -2.37. The summed E-state index contributed by atoms with van der Waals surface area (Å²) in [5.74, 6) is 0.935. The maximum Gasteiger partial charge on any atom is 0.152 e. The number of anilines is 2. The third-order valence-electron chi connectivity index (χ3n) is 3.93. The molecule has 0 saturated carbocycles. The average molecular weight is 248 g/mol. The Morgan fingerprint density at radius 2 is 2.06 bits per heavy atom. The predicted octanol–water partition coefficient (Wildman–Crippen LogP) is 1.89. The SMILES string of the molecule is CCN1CCC(N(C)c2nc(C)ccc2N)CC1. The van der Waals surface area contributed by atoms with Crippen LogP contribution in [0.1, 0.15) is 25.5 Å². The van der Waals surface area contributed by atoms with Gasteiger partial charge in [-0.1, -0.05) is 6.92 Å². The molecule has 0 atom stereocenters. The number of aromatic nitrogens is 1. The number of nitrogen functional groups attached to an aromatic ring is 1. The first-order valence-electron chi connectivity index (χ1n) is 6.80. The molecule has 0 radical (unpaired) electrons. The van der Waals surface area contributed by atoms with Crippen molar-refractivity contribution in [1.29, 1.82) is 0 Å². The van der Waals surface area contributed by atoms with Crippen molar-refractivity contribution in [3.8, 4) is 0 Å². The molecule has 2 N–H and O–H groups in total. The Morgan fingerprint density at radius 1 is 1.39 bits per heavy atom. The molecule has 100 valence electrons. The Balaban J connectivity index is 2.07. The summed E-state index contributed by atoms with van der Waals surface area (Å²) in [6.07, 6.45) is 2.39. The summed E-state index contributed by atoms with van der Waals surface area (Å²) < 4.78 is 0. The van der Waals surface area contributed by atoms with Crippen LogP contribution in [0.15, 0.2) is 12.1 Å². The molecule has 2 heterocycles. The fourth-order valence-corrected chi connectivity index (χ4v) is 2.63. The Bertz CT molecular complexity index is 397. The molecule has 1 aromatic rings. The zero-order chi connectivity index (χ0) is 13.1. The van der Waals surface area contributed by atoms with Gasteiger partial charge in [0, 0.05) is 31.9 Å². The molecule has 0 aromatic carbocycles. The van der Waals surface area contributed by atoms with Gasteiger partial charge in [0.2, 0.25) is 0 Å². The number of aryl methyl sites for hydroxylation is 1. The first kappa shape index (κ1) is 13.1. The van der Waals surface area contributed by atoms with E-state index in [1.165, 1.54) is 25.9 Å². The summed E-state index contributed by atoms with van der Waals surface area (Å²) >= 11 is 0. The molecule has 0 unspecified atom stereocenters. The number of hydrogen-bond acceptors (Lipinski definition) is 4. The quantitative estimate of drug-likeness (QED) is 0.887. The smallest absolute Gasteiger partial charge is 0.152 e. The van der Waals surface area contributed by atoms with Crippen LogP contribution in [0, 0.1) is 6.92 Å². The molecule has 2 rings (SSSR count). The largest absolute Gasteiger partial charge is 0.396 e. The third kappa shape index (κ3) is 2.75. The van der Waals surface area contributed by atoms with Crippen LogP contribution in [0.2, 0.25) is 0 Å². The van der Waals surface area contributed by atoms with E-state index in [1.807, 2.05) is 19.1 Å². The van der Waals surface area contributed by atoms with Gasteiger partial charge in [-0.3, -0.25) is 0 Å². The lowest BCUT2D eigenvalue weighted by molar-refractivity contribution is 0.220. The topological polar surface area (TPSA) is 45.4 Å². The second kappa shape index (κ2) is 5.57. The number of hydrogen-bond donors (Lipinski definition) is 1. The molecule has 1 aromatic heterocycles. The molecule has 1 fully saturated rings. The van der Waals surface area contributed by atoms with E-state index in [4.69, 9.17) is 5.73 Å². The highest BCUT2D eigenvalue weighted by molar-refractivity contribution is 5.63. The molecule has 0 amide bonds. The fourth-order valence-electron chi connectivity index (χ4n) is 2.63. The Labute approximate surface area is 110 Å². The summed E-state index contributed by atoms with van der Waals surface area (Å²) in [7, 11) is 2.12. The van der Waals surface area contributed by atoms with Gasteiger partial charge < -0.3 is 15.5 Å². The first-order chi connectivity index (χ1) is 8.61. The van der Waals surface area contributed by atoms with Gasteiger partial charge in [0.05, 0.1) is 5.69 Å². The molecule has 0 spiro atoms. The van der Waals surface area contributed by atoms with Gasteiger partial charge in [0.25, 0.3) is 0 Å². The molecule has 1 aliphatic rings. The summed E-state index contributed by atoms with van der Waals surface area (Å²) in [4.78, 5) is 9.33. The van der Waals surface area contributed by atoms with Crippen molar-refractivity contribution in [3.05, 3.63) is 17.8 Å². The molecule has 18 heavy (non-hydrogen) atoms. The lowest BCUT2D eigenvalue weighted by Crippen LogP contribution is -2.43. The summed E-state index contributed by atoms with van der Waals surface area (Å²) in [6, 6.07) is 4.48. The molecule has 0 aliphatic carbocycles. The van der Waals surface area contributed by atoms with Crippen molar-refractivity contribution in [2.45, 2.75) is 32.7 Å². The molecule has 4 nitrogen and oxygen atoms in total. The van der Waals surface area contributed by atoms with Gasteiger partial charge >= 0.3 is 0 Å². The fraction of sp³-hybridized carbons (Fsp3) is 0.643. The molecular formula is C14H24N4. The summed E-state index contributed by atoms with van der Waals surface area (Å²) in [6.45, 7) is 7.75. The van der Waals surface area contributed by atoms with Crippen LogP contribution in [-0.2, 0) is 0 Å². The van der Waals surface area contributed by atoms with E-state index in [0.717, 1.165) is 23.7 Å². The molecule has 1 saturated heterocycles. The van der Waals surface area contributed by atoms with Crippen molar-refractivity contribution in [2.24, 2.45) is 0 Å². The van der Waals surface area contributed by atoms with Crippen molar-refractivity contribution < 1.29 is 0 Å². The van der Waals surface area contributed by atoms with Gasteiger partial charge in [-0.25, -0.2) is 4.98 Å². The monoisotopic (exact) mass is 248 g/mol. The van der Waals surface area contributed by atoms with Crippen molar-refractivity contribution in [3.63, 3.8) is 0 Å². The van der Waals surface area contributed by atoms with E-state index in [2.05, 4.69) is 28.8 Å². The Hall–Kier alpha value is -1.29. The number of nitrogens with zero attached hydrogens (tertiary/aromatic N) is 3. The highest BCUT2D eigenvalue weighted by Crippen LogP contribution is 2.25.